The first-order valence-corrected chi connectivity index (χ1v) is 12.2. The highest BCUT2D eigenvalue weighted by Gasteiger charge is 2.32. The maximum atomic E-state index is 13.5. The van der Waals surface area contributed by atoms with Crippen molar-refractivity contribution in [2.75, 3.05) is 32.2 Å². The molecule has 2 amide bonds. The zero-order valence-electron chi connectivity index (χ0n) is 21.5. The van der Waals surface area contributed by atoms with Crippen molar-refractivity contribution >= 4 is 39.8 Å². The highest BCUT2D eigenvalue weighted by Crippen LogP contribution is 2.36. The van der Waals surface area contributed by atoms with Crippen molar-refractivity contribution in [1.29, 1.82) is 0 Å². The number of carbonyl (C=O) groups excluding carboxylic acids is 2. The van der Waals surface area contributed by atoms with Gasteiger partial charge < -0.3 is 19.5 Å². The predicted molar refractivity (Wildman–Crippen MR) is 147 cm³/mol. The summed E-state index contributed by atoms with van der Waals surface area (Å²) in [4.78, 5) is 37.6. The molecule has 2 aromatic heterocycles. The van der Waals surface area contributed by atoms with Gasteiger partial charge >= 0.3 is 0 Å². The van der Waals surface area contributed by atoms with Crippen molar-refractivity contribution in [3.05, 3.63) is 73.1 Å². The molecule has 1 aliphatic heterocycles. The minimum absolute atomic E-state index is 0.0294. The number of fused-ring (bicyclic) bond motifs is 1. The molecular formula is C28H32N6O3. The number of nitrogens with zero attached hydrogens (tertiary/aromatic N) is 4. The smallest absolute Gasteiger partial charge is 0.254 e. The maximum absolute atomic E-state index is 13.5. The fourth-order valence-corrected chi connectivity index (χ4v) is 4.49. The summed E-state index contributed by atoms with van der Waals surface area (Å²) in [5, 5.41) is 5.04. The Morgan fingerprint density at radius 1 is 1.30 bits per heavy atom. The lowest BCUT2D eigenvalue weighted by Gasteiger charge is -2.40. The van der Waals surface area contributed by atoms with Gasteiger partial charge in [-0.15, -0.1) is 0 Å². The number of hydrogen-bond acceptors (Lipinski definition) is 6. The summed E-state index contributed by atoms with van der Waals surface area (Å²) < 4.78 is 5.55. The summed E-state index contributed by atoms with van der Waals surface area (Å²) in [6, 6.07) is 9.06. The molecule has 9 heteroatoms. The van der Waals surface area contributed by atoms with Crippen LogP contribution < -0.4 is 10.2 Å². The average molecular weight is 501 g/mol. The third kappa shape index (κ3) is 5.11. The molecule has 1 aromatic carbocycles. The molecule has 0 radical (unpaired) electrons. The molecule has 192 valence electrons. The second-order valence-corrected chi connectivity index (χ2v) is 8.84. The number of amides is 2. The number of H-pyrrole nitrogens is 1. The van der Waals surface area contributed by atoms with Gasteiger partial charge in [0.1, 0.15) is 5.75 Å². The molecule has 0 saturated carbocycles. The van der Waals surface area contributed by atoms with Crippen LogP contribution in [-0.2, 0) is 4.79 Å². The molecule has 1 atom stereocenters. The second-order valence-electron chi connectivity index (χ2n) is 8.84. The van der Waals surface area contributed by atoms with Crippen molar-refractivity contribution in [3.63, 3.8) is 0 Å². The van der Waals surface area contributed by atoms with Gasteiger partial charge in [-0.3, -0.25) is 15.0 Å². The summed E-state index contributed by atoms with van der Waals surface area (Å²) in [6.45, 7) is 13.1. The molecule has 3 aromatic rings. The number of methoxy groups -OCH3 is 1. The number of hydrogen-bond donors (Lipinski definition) is 2. The molecule has 4 rings (SSSR count). The number of aromatic nitrogens is 2. The van der Waals surface area contributed by atoms with Crippen molar-refractivity contribution in [1.82, 2.24) is 19.8 Å². The fourth-order valence-electron chi connectivity index (χ4n) is 4.49. The molecule has 0 unspecified atom stereocenters. The van der Waals surface area contributed by atoms with E-state index in [4.69, 9.17) is 4.74 Å². The van der Waals surface area contributed by atoms with Crippen LogP contribution in [0.5, 0.6) is 5.75 Å². The molecule has 1 aliphatic rings. The maximum Gasteiger partial charge on any atom is 0.254 e. The molecule has 1 fully saturated rings. The van der Waals surface area contributed by atoms with E-state index >= 15 is 0 Å². The molecule has 1 saturated heterocycles. The Kier molecular flexibility index (Phi) is 7.71. The van der Waals surface area contributed by atoms with Crippen LogP contribution in [0.4, 0.5) is 5.82 Å². The molecule has 9 nitrogen and oxygen atoms in total. The number of piperazine rings is 1. The van der Waals surface area contributed by atoms with E-state index in [1.807, 2.05) is 49.1 Å². The Labute approximate surface area is 216 Å². The molecular weight excluding hydrogens is 468 g/mol. The summed E-state index contributed by atoms with van der Waals surface area (Å²) >= 11 is 0. The molecule has 37 heavy (non-hydrogen) atoms. The Balaban J connectivity index is 1.55. The largest absolute Gasteiger partial charge is 0.494 e. The van der Waals surface area contributed by atoms with Crippen LogP contribution in [-0.4, -0.2) is 70.1 Å². The Morgan fingerprint density at radius 3 is 2.70 bits per heavy atom. The number of rotatable bonds is 8. The van der Waals surface area contributed by atoms with E-state index in [0.717, 1.165) is 12.1 Å². The van der Waals surface area contributed by atoms with E-state index in [2.05, 4.69) is 33.7 Å². The lowest BCUT2D eigenvalue weighted by molar-refractivity contribution is -0.127. The topological polar surface area (TPSA) is 103 Å². The molecule has 0 spiro atoms. The van der Waals surface area contributed by atoms with Crippen LogP contribution in [0, 0.1) is 0 Å². The number of ether oxygens (including phenoxy) is 1. The zero-order valence-corrected chi connectivity index (χ0v) is 21.5. The summed E-state index contributed by atoms with van der Waals surface area (Å²) in [6.07, 6.45) is 5.73. The predicted octanol–water partition coefficient (Wildman–Crippen LogP) is 4.32. The Bertz CT molecular complexity index is 1360. The van der Waals surface area contributed by atoms with E-state index in [9.17, 15) is 9.59 Å². The quantitative estimate of drug-likeness (QED) is 0.272. The van der Waals surface area contributed by atoms with E-state index in [-0.39, 0.29) is 17.9 Å². The van der Waals surface area contributed by atoms with Crippen molar-refractivity contribution in [2.45, 2.75) is 26.3 Å². The first-order chi connectivity index (χ1) is 17.9. The Morgan fingerprint density at radius 2 is 2.05 bits per heavy atom. The third-order valence-corrected chi connectivity index (χ3v) is 6.58. The number of anilines is 1. The normalized spacial score (nSPS) is 16.0. The standard InChI is InChI=1S/C28H32N6O3/c1-6-21(7-2)31-32-26-25-24(23(37-5)16-30-26)22(15-29-25)19(4)27(35)33-13-14-34(18(3)17-33)28(36)20-11-9-8-10-12-20/h6,8-12,15-16,18,29H,1,4,7,13-14,17H2,2-3,5H3,(H,30,32)/b31-21+/t18-/m1/s1. The number of hydrazone groups is 1. The van der Waals surface area contributed by atoms with Gasteiger partial charge in [-0.25, -0.2) is 4.98 Å². The Hall–Kier alpha value is -4.40. The van der Waals surface area contributed by atoms with Crippen LogP contribution in [0.2, 0.25) is 0 Å². The van der Waals surface area contributed by atoms with Crippen LogP contribution in [0.15, 0.2) is 67.1 Å². The van der Waals surface area contributed by atoms with Gasteiger partial charge in [0.15, 0.2) is 5.82 Å². The van der Waals surface area contributed by atoms with Gasteiger partial charge in [0.05, 0.1) is 29.9 Å². The van der Waals surface area contributed by atoms with Crippen LogP contribution in [0.3, 0.4) is 0 Å². The summed E-state index contributed by atoms with van der Waals surface area (Å²) in [5.74, 6) is 0.793. The SMILES string of the molecule is C=C/C(CC)=N\Nc1ncc(OC)c2c(C(=C)C(=O)N3CCN(C(=O)c4ccccc4)[C@H](C)C3)c[nH]c12. The number of benzene rings is 1. The highest BCUT2D eigenvalue weighted by molar-refractivity contribution is 6.23. The highest BCUT2D eigenvalue weighted by atomic mass is 16.5. The number of carbonyl (C=O) groups is 2. The minimum Gasteiger partial charge on any atom is -0.494 e. The first kappa shape index (κ1) is 25.7. The van der Waals surface area contributed by atoms with E-state index < -0.39 is 0 Å². The molecule has 2 N–H and O–H groups in total. The number of pyridine rings is 1. The molecule has 3 heterocycles. The number of aromatic amines is 1. The van der Waals surface area contributed by atoms with Crippen LogP contribution in [0.25, 0.3) is 16.5 Å². The van der Waals surface area contributed by atoms with E-state index in [0.29, 0.717) is 58.8 Å². The zero-order chi connectivity index (χ0) is 26.5. The molecule has 0 bridgehead atoms. The second kappa shape index (κ2) is 11.1. The van der Waals surface area contributed by atoms with Crippen molar-refractivity contribution in [3.8, 4) is 5.75 Å². The first-order valence-electron chi connectivity index (χ1n) is 12.2. The fraction of sp³-hybridized carbons (Fsp3) is 0.286. The van der Waals surface area contributed by atoms with Gasteiger partial charge in [0, 0.05) is 48.6 Å². The lowest BCUT2D eigenvalue weighted by atomic mass is 10.0. The van der Waals surface area contributed by atoms with Gasteiger partial charge in [-0.2, -0.15) is 5.10 Å². The number of nitrogens with one attached hydrogen (secondary N) is 2. The number of allylic oxidation sites excluding steroid dienone is 1. The van der Waals surface area contributed by atoms with Crippen molar-refractivity contribution < 1.29 is 14.3 Å². The summed E-state index contributed by atoms with van der Waals surface area (Å²) in [7, 11) is 1.56. The van der Waals surface area contributed by atoms with Gasteiger partial charge in [0.25, 0.3) is 11.8 Å². The van der Waals surface area contributed by atoms with Crippen LogP contribution in [0.1, 0.15) is 36.2 Å². The monoisotopic (exact) mass is 500 g/mol. The van der Waals surface area contributed by atoms with E-state index in [1.54, 1.807) is 30.5 Å². The lowest BCUT2D eigenvalue weighted by Crippen LogP contribution is -2.55. The minimum atomic E-state index is -0.189. The van der Waals surface area contributed by atoms with Crippen LogP contribution >= 0.6 is 0 Å². The van der Waals surface area contributed by atoms with Gasteiger partial charge in [-0.05, 0) is 31.6 Å². The van der Waals surface area contributed by atoms with Gasteiger partial charge in [0.2, 0.25) is 0 Å². The average Bonchev–Trinajstić information content (AvgIpc) is 3.38. The van der Waals surface area contributed by atoms with Gasteiger partial charge in [-0.1, -0.05) is 38.3 Å². The third-order valence-electron chi connectivity index (χ3n) is 6.58. The van der Waals surface area contributed by atoms with E-state index in [1.165, 1.54) is 0 Å². The molecule has 0 aliphatic carbocycles. The summed E-state index contributed by atoms with van der Waals surface area (Å²) in [5.41, 5.74) is 6.02. The van der Waals surface area contributed by atoms with Crippen molar-refractivity contribution in [2.24, 2.45) is 5.10 Å².